The number of rotatable bonds is 6. The summed E-state index contributed by atoms with van der Waals surface area (Å²) in [4.78, 5) is 28.8. The molecule has 1 aliphatic heterocycles. The first-order valence-corrected chi connectivity index (χ1v) is 9.33. The molecule has 1 aromatic heterocycles. The van der Waals surface area contributed by atoms with Gasteiger partial charge in [0, 0.05) is 38.6 Å². The van der Waals surface area contributed by atoms with Crippen LogP contribution < -0.4 is 0 Å². The first-order chi connectivity index (χ1) is 13.1. The Hall–Kier alpha value is -2.60. The quantitative estimate of drug-likeness (QED) is 0.785. The Bertz CT molecular complexity index is 815. The number of amides is 2. The van der Waals surface area contributed by atoms with Crippen LogP contribution >= 0.6 is 0 Å². The Morgan fingerprint density at radius 3 is 2.67 bits per heavy atom. The van der Waals surface area contributed by atoms with Gasteiger partial charge in [0.1, 0.15) is 6.61 Å². The molecule has 2 amide bonds. The van der Waals surface area contributed by atoms with Gasteiger partial charge in [-0.1, -0.05) is 24.3 Å². The molecule has 0 N–H and O–H groups in total. The second-order valence-electron chi connectivity index (χ2n) is 6.81. The van der Waals surface area contributed by atoms with Gasteiger partial charge < -0.3 is 19.1 Å². The Balaban J connectivity index is 1.90. The van der Waals surface area contributed by atoms with E-state index in [-0.39, 0.29) is 31.0 Å². The topological polar surface area (TPSA) is 54.8 Å². The van der Waals surface area contributed by atoms with Crippen LogP contribution in [-0.2, 0) is 20.9 Å². The predicted molar refractivity (Wildman–Crippen MR) is 103 cm³/mol. The Labute approximate surface area is 160 Å². The van der Waals surface area contributed by atoms with Gasteiger partial charge in [0.2, 0.25) is 11.8 Å². The molecule has 1 atom stereocenters. The number of nitrogens with zero attached hydrogens (tertiary/aromatic N) is 3. The molecule has 6 heteroatoms. The highest BCUT2D eigenvalue weighted by Gasteiger charge is 2.33. The average Bonchev–Trinajstić information content (AvgIpc) is 3.14. The van der Waals surface area contributed by atoms with Crippen LogP contribution in [0.1, 0.15) is 29.8 Å². The third-order valence-electron chi connectivity index (χ3n) is 5.17. The summed E-state index contributed by atoms with van der Waals surface area (Å²) in [6, 6.07) is 12.1. The highest BCUT2D eigenvalue weighted by atomic mass is 16.5. The molecule has 0 saturated heterocycles. The van der Waals surface area contributed by atoms with Crippen LogP contribution in [0.4, 0.5) is 0 Å². The van der Waals surface area contributed by atoms with Crippen molar-refractivity contribution in [1.29, 1.82) is 0 Å². The second kappa shape index (κ2) is 8.39. The number of carbonyl (C=O) groups is 2. The Kier molecular flexibility index (Phi) is 5.96. The molecular formula is C21H27N3O3. The van der Waals surface area contributed by atoms with E-state index in [0.717, 1.165) is 23.4 Å². The number of fused-ring (bicyclic) bond motifs is 1. The van der Waals surface area contributed by atoms with Gasteiger partial charge in [-0.2, -0.15) is 0 Å². The lowest BCUT2D eigenvalue weighted by Crippen LogP contribution is -2.48. The van der Waals surface area contributed by atoms with Gasteiger partial charge >= 0.3 is 0 Å². The SMILES string of the molecule is CCN(CC(=O)N1CCn2cccc2[C@@H]1c1ccccc1C)C(=O)COC. The van der Waals surface area contributed by atoms with Gasteiger partial charge in [-0.3, -0.25) is 9.59 Å². The first kappa shape index (κ1) is 19.2. The van der Waals surface area contributed by atoms with Gasteiger partial charge in [0.15, 0.2) is 0 Å². The van der Waals surface area contributed by atoms with Crippen molar-refractivity contribution in [3.8, 4) is 0 Å². The monoisotopic (exact) mass is 369 g/mol. The van der Waals surface area contributed by atoms with Crippen molar-refractivity contribution in [1.82, 2.24) is 14.4 Å². The van der Waals surface area contributed by atoms with Crippen molar-refractivity contribution in [3.05, 3.63) is 59.4 Å². The highest BCUT2D eigenvalue weighted by molar-refractivity contribution is 5.86. The molecule has 0 aliphatic carbocycles. The second-order valence-corrected chi connectivity index (χ2v) is 6.81. The van der Waals surface area contributed by atoms with Gasteiger partial charge in [-0.05, 0) is 37.1 Å². The number of likely N-dealkylation sites (N-methyl/N-ethyl adjacent to an activating group) is 1. The zero-order valence-electron chi connectivity index (χ0n) is 16.2. The minimum absolute atomic E-state index is 0.00874. The summed E-state index contributed by atoms with van der Waals surface area (Å²) in [6.07, 6.45) is 2.06. The fourth-order valence-electron chi connectivity index (χ4n) is 3.72. The molecule has 0 spiro atoms. The molecule has 0 radical (unpaired) electrons. The number of hydrogen-bond donors (Lipinski definition) is 0. The molecule has 6 nitrogen and oxygen atoms in total. The Morgan fingerprint density at radius 2 is 1.96 bits per heavy atom. The molecule has 27 heavy (non-hydrogen) atoms. The molecule has 1 aliphatic rings. The van der Waals surface area contributed by atoms with E-state index in [0.29, 0.717) is 13.1 Å². The molecule has 0 fully saturated rings. The number of methoxy groups -OCH3 is 1. The van der Waals surface area contributed by atoms with Gasteiger partial charge in [0.25, 0.3) is 0 Å². The van der Waals surface area contributed by atoms with Crippen LogP contribution in [0.25, 0.3) is 0 Å². The number of hydrogen-bond acceptors (Lipinski definition) is 3. The third kappa shape index (κ3) is 3.90. The van der Waals surface area contributed by atoms with E-state index in [1.54, 1.807) is 4.90 Å². The average molecular weight is 369 g/mol. The molecule has 144 valence electrons. The number of ether oxygens (including phenoxy) is 1. The zero-order chi connectivity index (χ0) is 19.4. The maximum atomic E-state index is 13.2. The third-order valence-corrected chi connectivity index (χ3v) is 5.17. The first-order valence-electron chi connectivity index (χ1n) is 9.33. The summed E-state index contributed by atoms with van der Waals surface area (Å²) < 4.78 is 7.14. The van der Waals surface area contributed by atoms with Crippen molar-refractivity contribution in [2.24, 2.45) is 0 Å². The minimum atomic E-state index is -0.166. The van der Waals surface area contributed by atoms with Gasteiger partial charge in [-0.25, -0.2) is 0 Å². The lowest BCUT2D eigenvalue weighted by molar-refractivity contribution is -0.143. The fraction of sp³-hybridized carbons (Fsp3) is 0.429. The standard InChI is InChI=1S/C21H27N3O3/c1-4-22(20(26)15-27-3)14-19(25)24-13-12-23-11-7-10-18(23)21(24)17-9-6-5-8-16(17)2/h5-11,21H,4,12-15H2,1-3H3/t21-/m0/s1. The number of aryl methyl sites for hydroxylation is 1. The van der Waals surface area contributed by atoms with Crippen molar-refractivity contribution >= 4 is 11.8 Å². The van der Waals surface area contributed by atoms with E-state index >= 15 is 0 Å². The molecular weight excluding hydrogens is 342 g/mol. The summed E-state index contributed by atoms with van der Waals surface area (Å²) in [5.74, 6) is -0.205. The Morgan fingerprint density at radius 1 is 1.19 bits per heavy atom. The number of carbonyl (C=O) groups excluding carboxylic acids is 2. The predicted octanol–water partition coefficient (Wildman–Crippen LogP) is 2.22. The van der Waals surface area contributed by atoms with Crippen molar-refractivity contribution in [3.63, 3.8) is 0 Å². The summed E-state index contributed by atoms with van der Waals surface area (Å²) in [7, 11) is 1.49. The zero-order valence-corrected chi connectivity index (χ0v) is 16.2. The summed E-state index contributed by atoms with van der Waals surface area (Å²) >= 11 is 0. The van der Waals surface area contributed by atoms with E-state index in [2.05, 4.69) is 35.9 Å². The largest absolute Gasteiger partial charge is 0.375 e. The van der Waals surface area contributed by atoms with E-state index in [9.17, 15) is 9.59 Å². The van der Waals surface area contributed by atoms with Crippen molar-refractivity contribution in [2.75, 3.05) is 33.4 Å². The smallest absolute Gasteiger partial charge is 0.249 e. The normalized spacial score (nSPS) is 16.1. The van der Waals surface area contributed by atoms with Gasteiger partial charge in [0.05, 0.1) is 12.6 Å². The summed E-state index contributed by atoms with van der Waals surface area (Å²) in [6.45, 7) is 5.87. The van der Waals surface area contributed by atoms with E-state index in [4.69, 9.17) is 4.74 Å². The number of benzene rings is 1. The molecule has 0 saturated carbocycles. The van der Waals surface area contributed by atoms with Crippen LogP contribution in [0, 0.1) is 6.92 Å². The molecule has 2 heterocycles. The molecule has 2 aromatic rings. The van der Waals surface area contributed by atoms with Crippen LogP contribution in [0.3, 0.4) is 0 Å². The molecule has 3 rings (SSSR count). The summed E-state index contributed by atoms with van der Waals surface area (Å²) in [5.41, 5.74) is 3.38. The van der Waals surface area contributed by atoms with Crippen LogP contribution in [-0.4, -0.2) is 59.5 Å². The minimum Gasteiger partial charge on any atom is -0.375 e. The fourth-order valence-corrected chi connectivity index (χ4v) is 3.72. The molecule has 0 bridgehead atoms. The van der Waals surface area contributed by atoms with Gasteiger partial charge in [-0.15, -0.1) is 0 Å². The summed E-state index contributed by atoms with van der Waals surface area (Å²) in [5, 5.41) is 0. The maximum absolute atomic E-state index is 13.2. The molecule has 1 aromatic carbocycles. The van der Waals surface area contributed by atoms with Crippen molar-refractivity contribution < 1.29 is 14.3 Å². The van der Waals surface area contributed by atoms with E-state index in [1.807, 2.05) is 30.0 Å². The highest BCUT2D eigenvalue weighted by Crippen LogP contribution is 2.34. The van der Waals surface area contributed by atoms with Crippen LogP contribution in [0.15, 0.2) is 42.6 Å². The lowest BCUT2D eigenvalue weighted by Gasteiger charge is -2.39. The maximum Gasteiger partial charge on any atom is 0.249 e. The lowest BCUT2D eigenvalue weighted by atomic mass is 9.95. The van der Waals surface area contributed by atoms with E-state index in [1.165, 1.54) is 7.11 Å². The number of aromatic nitrogens is 1. The van der Waals surface area contributed by atoms with Crippen LogP contribution in [0.2, 0.25) is 0 Å². The van der Waals surface area contributed by atoms with Crippen LogP contribution in [0.5, 0.6) is 0 Å². The molecule has 0 unspecified atom stereocenters. The van der Waals surface area contributed by atoms with Crippen molar-refractivity contribution in [2.45, 2.75) is 26.4 Å². The van der Waals surface area contributed by atoms with E-state index < -0.39 is 0 Å².